The van der Waals surface area contributed by atoms with Crippen LogP contribution in [0.3, 0.4) is 0 Å². The van der Waals surface area contributed by atoms with Gasteiger partial charge in [0.05, 0.1) is 10.5 Å². The van der Waals surface area contributed by atoms with Crippen LogP contribution in [0.1, 0.15) is 47.2 Å². The summed E-state index contributed by atoms with van der Waals surface area (Å²) >= 11 is 0. The molecule has 1 aromatic carbocycles. The second kappa shape index (κ2) is 7.39. The van der Waals surface area contributed by atoms with Crippen molar-refractivity contribution in [3.05, 3.63) is 34.9 Å². The van der Waals surface area contributed by atoms with Gasteiger partial charge in [-0.15, -0.1) is 0 Å². The minimum absolute atomic E-state index is 0.0801. The van der Waals surface area contributed by atoms with Crippen LogP contribution in [-0.2, 0) is 32.5 Å². The van der Waals surface area contributed by atoms with Crippen LogP contribution in [0.15, 0.2) is 18.2 Å². The number of nitrogens with one attached hydrogen (secondary N) is 3. The van der Waals surface area contributed by atoms with Crippen molar-refractivity contribution in [2.45, 2.75) is 55.6 Å². The van der Waals surface area contributed by atoms with E-state index in [-0.39, 0.29) is 30.0 Å². The van der Waals surface area contributed by atoms with Crippen LogP contribution in [0.2, 0.25) is 0 Å². The highest BCUT2D eigenvalue weighted by Gasteiger charge is 2.59. The molecule has 0 aromatic heterocycles. The van der Waals surface area contributed by atoms with Crippen LogP contribution in [-0.4, -0.2) is 66.7 Å². The Morgan fingerprint density at radius 2 is 1.94 bits per heavy atom. The molecule has 31 heavy (non-hydrogen) atoms. The van der Waals surface area contributed by atoms with E-state index >= 15 is 0 Å². The predicted molar refractivity (Wildman–Crippen MR) is 112 cm³/mol. The molecular formula is C21H26N4O5S. The number of amides is 3. The van der Waals surface area contributed by atoms with Crippen LogP contribution < -0.4 is 16.0 Å². The number of sulfone groups is 1. The molecule has 2 unspecified atom stereocenters. The standard InChI is InChI=1S/C21H26N4O5S/c26-18-4-3-16(19(27)24-18)25-11-14-2-1-13(9-15(14)20(25)28)10-23-17-12-31(29,30)21(17)5-7-22-8-6-21/h1-2,9,16-17,22-23H,3-8,10-12H2,(H,24,26,27). The van der Waals surface area contributed by atoms with Gasteiger partial charge in [-0.25, -0.2) is 8.42 Å². The molecule has 4 heterocycles. The van der Waals surface area contributed by atoms with Crippen molar-refractivity contribution in [2.75, 3.05) is 18.8 Å². The van der Waals surface area contributed by atoms with E-state index in [0.29, 0.717) is 51.0 Å². The first-order valence-corrected chi connectivity index (χ1v) is 12.4. The number of piperidine rings is 2. The number of rotatable bonds is 4. The van der Waals surface area contributed by atoms with E-state index in [4.69, 9.17) is 0 Å². The molecule has 0 bridgehead atoms. The minimum atomic E-state index is -3.07. The second-order valence-corrected chi connectivity index (χ2v) is 11.3. The summed E-state index contributed by atoms with van der Waals surface area (Å²) in [5.41, 5.74) is 2.34. The minimum Gasteiger partial charge on any atom is -0.322 e. The van der Waals surface area contributed by atoms with Crippen molar-refractivity contribution in [3.63, 3.8) is 0 Å². The number of nitrogens with zero attached hydrogens (tertiary/aromatic N) is 1. The van der Waals surface area contributed by atoms with Gasteiger partial charge < -0.3 is 15.5 Å². The maximum Gasteiger partial charge on any atom is 0.255 e. The summed E-state index contributed by atoms with van der Waals surface area (Å²) in [4.78, 5) is 38.1. The van der Waals surface area contributed by atoms with Crippen LogP contribution in [0.5, 0.6) is 0 Å². The normalized spacial score (nSPS) is 28.9. The van der Waals surface area contributed by atoms with E-state index in [1.807, 2.05) is 18.2 Å². The number of fused-ring (bicyclic) bond motifs is 1. The average Bonchev–Trinajstić information content (AvgIpc) is 3.07. The molecule has 5 rings (SSSR count). The number of hydrogen-bond donors (Lipinski definition) is 3. The third kappa shape index (κ3) is 3.28. The quantitative estimate of drug-likeness (QED) is 0.531. The Hall–Kier alpha value is -2.30. The van der Waals surface area contributed by atoms with Gasteiger partial charge >= 0.3 is 0 Å². The smallest absolute Gasteiger partial charge is 0.255 e. The van der Waals surface area contributed by atoms with Crippen molar-refractivity contribution in [1.29, 1.82) is 0 Å². The monoisotopic (exact) mass is 446 g/mol. The highest BCUT2D eigenvalue weighted by atomic mass is 32.2. The van der Waals surface area contributed by atoms with Gasteiger partial charge in [-0.2, -0.15) is 0 Å². The molecule has 9 nitrogen and oxygen atoms in total. The summed E-state index contributed by atoms with van der Waals surface area (Å²) in [7, 11) is -3.07. The highest BCUT2D eigenvalue weighted by Crippen LogP contribution is 2.41. The number of hydrogen-bond acceptors (Lipinski definition) is 7. The van der Waals surface area contributed by atoms with Gasteiger partial charge in [-0.3, -0.25) is 19.7 Å². The average molecular weight is 447 g/mol. The molecule has 166 valence electrons. The van der Waals surface area contributed by atoms with Crippen LogP contribution >= 0.6 is 0 Å². The van der Waals surface area contributed by atoms with E-state index in [2.05, 4.69) is 16.0 Å². The maximum atomic E-state index is 13.0. The largest absolute Gasteiger partial charge is 0.322 e. The Labute approximate surface area is 180 Å². The molecule has 4 aliphatic heterocycles. The van der Waals surface area contributed by atoms with Gasteiger partial charge in [0.15, 0.2) is 9.84 Å². The highest BCUT2D eigenvalue weighted by molar-refractivity contribution is 7.94. The van der Waals surface area contributed by atoms with Gasteiger partial charge in [0.1, 0.15) is 6.04 Å². The van der Waals surface area contributed by atoms with E-state index < -0.39 is 26.5 Å². The van der Waals surface area contributed by atoms with Crippen LogP contribution in [0.25, 0.3) is 0 Å². The molecule has 3 saturated heterocycles. The summed E-state index contributed by atoms with van der Waals surface area (Å²) in [6.45, 7) is 2.25. The summed E-state index contributed by atoms with van der Waals surface area (Å²) in [5, 5.41) is 8.95. The van der Waals surface area contributed by atoms with Crippen molar-refractivity contribution in [3.8, 4) is 0 Å². The first-order chi connectivity index (χ1) is 14.8. The summed E-state index contributed by atoms with van der Waals surface area (Å²) < 4.78 is 24.3. The SMILES string of the molecule is O=C1CCC(N2Cc3ccc(CNC4CS(=O)(=O)C45CCNCC5)cc3C2=O)C(=O)N1. The number of imide groups is 1. The van der Waals surface area contributed by atoms with E-state index in [1.165, 1.54) is 4.90 Å². The Bertz CT molecular complexity index is 1060. The Kier molecular flexibility index (Phi) is 4.91. The Morgan fingerprint density at radius 1 is 1.16 bits per heavy atom. The Morgan fingerprint density at radius 3 is 2.65 bits per heavy atom. The summed E-state index contributed by atoms with van der Waals surface area (Å²) in [6.07, 6.45) is 1.81. The topological polar surface area (TPSA) is 125 Å². The first-order valence-electron chi connectivity index (χ1n) is 10.7. The lowest BCUT2D eigenvalue weighted by Crippen LogP contribution is -2.71. The fraction of sp³-hybridized carbons (Fsp3) is 0.571. The van der Waals surface area contributed by atoms with Crippen molar-refractivity contribution >= 4 is 27.6 Å². The van der Waals surface area contributed by atoms with E-state index in [0.717, 1.165) is 11.1 Å². The number of carbonyl (C=O) groups excluding carboxylic acids is 3. The van der Waals surface area contributed by atoms with Crippen LogP contribution in [0, 0.1) is 0 Å². The third-order valence-corrected chi connectivity index (χ3v) is 9.94. The second-order valence-electron chi connectivity index (χ2n) is 8.92. The molecule has 4 aliphatic rings. The van der Waals surface area contributed by atoms with Crippen molar-refractivity contribution in [1.82, 2.24) is 20.9 Å². The molecule has 10 heteroatoms. The molecule has 0 saturated carbocycles. The Balaban J connectivity index is 1.27. The molecule has 3 fully saturated rings. The zero-order chi connectivity index (χ0) is 21.8. The predicted octanol–water partition coefficient (Wildman–Crippen LogP) is -0.544. The van der Waals surface area contributed by atoms with E-state index in [1.54, 1.807) is 0 Å². The number of carbonyl (C=O) groups is 3. The molecule has 0 aliphatic carbocycles. The van der Waals surface area contributed by atoms with Gasteiger partial charge in [-0.05, 0) is 49.5 Å². The molecular weight excluding hydrogens is 420 g/mol. The van der Waals surface area contributed by atoms with Gasteiger partial charge in [-0.1, -0.05) is 12.1 Å². The maximum absolute atomic E-state index is 13.0. The lowest BCUT2D eigenvalue weighted by atomic mass is 9.88. The van der Waals surface area contributed by atoms with E-state index in [9.17, 15) is 22.8 Å². The zero-order valence-corrected chi connectivity index (χ0v) is 18.0. The van der Waals surface area contributed by atoms with Crippen LogP contribution in [0.4, 0.5) is 0 Å². The molecule has 2 atom stereocenters. The van der Waals surface area contributed by atoms with Crippen molar-refractivity contribution in [2.24, 2.45) is 0 Å². The molecule has 1 aromatic rings. The van der Waals surface area contributed by atoms with Gasteiger partial charge in [0.2, 0.25) is 11.8 Å². The molecule has 3 amide bonds. The fourth-order valence-corrected chi connectivity index (χ4v) is 7.70. The molecule has 0 radical (unpaired) electrons. The van der Waals surface area contributed by atoms with Crippen molar-refractivity contribution < 1.29 is 22.8 Å². The molecule has 3 N–H and O–H groups in total. The molecule has 1 spiro atoms. The lowest BCUT2D eigenvalue weighted by molar-refractivity contribution is -0.136. The van der Waals surface area contributed by atoms with Gasteiger partial charge in [0.25, 0.3) is 5.91 Å². The van der Waals surface area contributed by atoms with Gasteiger partial charge in [0, 0.05) is 31.1 Å². The summed E-state index contributed by atoms with van der Waals surface area (Å²) in [5.74, 6) is -0.770. The third-order valence-electron chi connectivity index (χ3n) is 7.24. The fourth-order valence-electron chi connectivity index (χ4n) is 5.36. The first kappa shape index (κ1) is 20.6. The summed E-state index contributed by atoms with van der Waals surface area (Å²) in [6, 6.07) is 4.96. The lowest BCUT2D eigenvalue weighted by Gasteiger charge is -2.51. The number of benzene rings is 1. The zero-order valence-electron chi connectivity index (χ0n) is 17.1.